The van der Waals surface area contributed by atoms with Crippen LogP contribution in [0.4, 0.5) is 0 Å². The molecule has 0 saturated carbocycles. The molecule has 0 amide bonds. The van der Waals surface area contributed by atoms with Crippen LogP contribution in [-0.2, 0) is 4.74 Å². The maximum atomic E-state index is 5.90. The highest BCUT2D eigenvalue weighted by Gasteiger charge is 2.30. The minimum absolute atomic E-state index is 0.0622. The number of ether oxygens (including phenoxy) is 1. The molecule has 0 aliphatic heterocycles. The Labute approximate surface area is 95.0 Å². The quantitative estimate of drug-likeness (QED) is 0.673. The van der Waals surface area contributed by atoms with Crippen LogP contribution in [0.5, 0.6) is 0 Å². The maximum Gasteiger partial charge on any atom is 0.0480 e. The molecule has 2 N–H and O–H groups in total. The van der Waals surface area contributed by atoms with Gasteiger partial charge in [-0.3, -0.25) is 4.90 Å². The van der Waals surface area contributed by atoms with Gasteiger partial charge in [0.2, 0.25) is 0 Å². The van der Waals surface area contributed by atoms with Crippen LogP contribution in [0.3, 0.4) is 0 Å². The van der Waals surface area contributed by atoms with E-state index >= 15 is 0 Å². The van der Waals surface area contributed by atoms with Crippen molar-refractivity contribution >= 4 is 0 Å². The molecule has 0 aromatic carbocycles. The lowest BCUT2D eigenvalue weighted by Crippen LogP contribution is -2.54. The molecule has 15 heavy (non-hydrogen) atoms. The van der Waals surface area contributed by atoms with E-state index < -0.39 is 0 Å². The van der Waals surface area contributed by atoms with Crippen molar-refractivity contribution in [3.63, 3.8) is 0 Å². The third kappa shape index (κ3) is 4.09. The highest BCUT2D eigenvalue weighted by Crippen LogP contribution is 2.22. The van der Waals surface area contributed by atoms with E-state index in [1.165, 1.54) is 12.8 Å². The fourth-order valence-corrected chi connectivity index (χ4v) is 2.02. The van der Waals surface area contributed by atoms with Crippen molar-refractivity contribution in [3.05, 3.63) is 0 Å². The smallest absolute Gasteiger partial charge is 0.0480 e. The predicted molar refractivity (Wildman–Crippen MR) is 66.1 cm³/mol. The van der Waals surface area contributed by atoms with Gasteiger partial charge in [0.25, 0.3) is 0 Å². The van der Waals surface area contributed by atoms with Gasteiger partial charge in [-0.15, -0.1) is 0 Å². The van der Waals surface area contributed by atoms with Crippen molar-refractivity contribution in [1.29, 1.82) is 0 Å². The van der Waals surface area contributed by atoms with Crippen molar-refractivity contribution in [3.8, 4) is 0 Å². The molecule has 0 aromatic heterocycles. The van der Waals surface area contributed by atoms with E-state index in [2.05, 4.69) is 32.7 Å². The Bertz CT molecular complexity index is 160. The molecule has 3 heteroatoms. The Kier molecular flexibility index (Phi) is 7.14. The summed E-state index contributed by atoms with van der Waals surface area (Å²) in [5.74, 6) is 0. The summed E-state index contributed by atoms with van der Waals surface area (Å²) in [4.78, 5) is 2.42. The minimum atomic E-state index is 0.0622. The molecular weight excluding hydrogens is 188 g/mol. The summed E-state index contributed by atoms with van der Waals surface area (Å²) in [5.41, 5.74) is 5.96. The molecule has 92 valence electrons. The number of nitrogens with zero attached hydrogens (tertiary/aromatic N) is 1. The predicted octanol–water partition coefficient (Wildman–Crippen LogP) is 1.86. The first-order valence-corrected chi connectivity index (χ1v) is 5.97. The first-order valence-electron chi connectivity index (χ1n) is 5.97. The fraction of sp³-hybridized carbons (Fsp3) is 1.00. The van der Waals surface area contributed by atoms with Crippen molar-refractivity contribution in [2.75, 3.05) is 27.3 Å². The van der Waals surface area contributed by atoms with Crippen LogP contribution in [0, 0.1) is 0 Å². The summed E-state index contributed by atoms with van der Waals surface area (Å²) < 4.78 is 5.15. The van der Waals surface area contributed by atoms with Gasteiger partial charge in [-0.2, -0.15) is 0 Å². The van der Waals surface area contributed by atoms with Crippen LogP contribution >= 0.6 is 0 Å². The highest BCUT2D eigenvalue weighted by molar-refractivity contribution is 4.88. The minimum Gasteiger partial charge on any atom is -0.385 e. The Morgan fingerprint density at radius 1 is 1.33 bits per heavy atom. The second-order valence-electron chi connectivity index (χ2n) is 4.53. The number of hydrogen-bond donors (Lipinski definition) is 1. The molecule has 0 spiro atoms. The number of nitrogens with two attached hydrogens (primary N) is 1. The zero-order valence-corrected chi connectivity index (χ0v) is 11.0. The molecule has 3 nitrogen and oxygen atoms in total. The Morgan fingerprint density at radius 2 is 1.87 bits per heavy atom. The molecule has 0 saturated heterocycles. The third-order valence-electron chi connectivity index (χ3n) is 3.63. The Balaban J connectivity index is 4.46. The van der Waals surface area contributed by atoms with Crippen LogP contribution in [0.1, 0.15) is 40.0 Å². The summed E-state index contributed by atoms with van der Waals surface area (Å²) in [6.45, 7) is 8.15. The van der Waals surface area contributed by atoms with Crippen LogP contribution in [0.25, 0.3) is 0 Å². The summed E-state index contributed by atoms with van der Waals surface area (Å²) >= 11 is 0. The molecule has 0 aromatic rings. The SMILES string of the molecule is CCC(CC)N(C)C(C)(CN)CCOC. The summed E-state index contributed by atoms with van der Waals surface area (Å²) in [7, 11) is 3.92. The highest BCUT2D eigenvalue weighted by atomic mass is 16.5. The van der Waals surface area contributed by atoms with E-state index in [1.807, 2.05) is 0 Å². The van der Waals surface area contributed by atoms with Gasteiger partial charge in [-0.1, -0.05) is 13.8 Å². The number of rotatable bonds is 8. The largest absolute Gasteiger partial charge is 0.385 e. The lowest BCUT2D eigenvalue weighted by molar-refractivity contribution is 0.0531. The molecular formula is C12H28N2O. The van der Waals surface area contributed by atoms with E-state index in [0.29, 0.717) is 12.6 Å². The first-order chi connectivity index (χ1) is 7.05. The Hall–Kier alpha value is -0.120. The van der Waals surface area contributed by atoms with E-state index in [1.54, 1.807) is 7.11 Å². The van der Waals surface area contributed by atoms with Crippen molar-refractivity contribution in [1.82, 2.24) is 4.90 Å². The van der Waals surface area contributed by atoms with E-state index in [9.17, 15) is 0 Å². The summed E-state index contributed by atoms with van der Waals surface area (Å²) in [6, 6.07) is 0.621. The number of hydrogen-bond acceptors (Lipinski definition) is 3. The lowest BCUT2D eigenvalue weighted by atomic mass is 9.93. The van der Waals surface area contributed by atoms with Gasteiger partial charge in [0, 0.05) is 31.8 Å². The van der Waals surface area contributed by atoms with Crippen molar-refractivity contribution in [2.24, 2.45) is 5.73 Å². The van der Waals surface area contributed by atoms with E-state index in [4.69, 9.17) is 10.5 Å². The summed E-state index contributed by atoms with van der Waals surface area (Å²) in [6.07, 6.45) is 3.35. The van der Waals surface area contributed by atoms with E-state index in [-0.39, 0.29) is 5.54 Å². The second-order valence-corrected chi connectivity index (χ2v) is 4.53. The average molecular weight is 216 g/mol. The van der Waals surface area contributed by atoms with Crippen LogP contribution in [0.2, 0.25) is 0 Å². The van der Waals surface area contributed by atoms with Crippen molar-refractivity contribution < 1.29 is 4.74 Å². The summed E-state index contributed by atoms with van der Waals surface area (Å²) in [5, 5.41) is 0. The maximum absolute atomic E-state index is 5.90. The standard InChI is InChI=1S/C12H28N2O/c1-6-11(7-2)14(4)12(3,10-13)8-9-15-5/h11H,6-10,13H2,1-5H3. The third-order valence-corrected chi connectivity index (χ3v) is 3.63. The second kappa shape index (κ2) is 7.20. The van der Waals surface area contributed by atoms with E-state index in [0.717, 1.165) is 13.0 Å². The number of likely N-dealkylation sites (N-methyl/N-ethyl adjacent to an activating group) is 1. The fourth-order valence-electron chi connectivity index (χ4n) is 2.02. The van der Waals surface area contributed by atoms with Gasteiger partial charge in [0.15, 0.2) is 0 Å². The van der Waals surface area contributed by atoms with Gasteiger partial charge in [0.1, 0.15) is 0 Å². The molecule has 1 atom stereocenters. The number of methoxy groups -OCH3 is 1. The molecule has 0 aliphatic rings. The zero-order valence-electron chi connectivity index (χ0n) is 11.0. The molecule has 0 aliphatic carbocycles. The van der Waals surface area contributed by atoms with Gasteiger partial charge in [-0.25, -0.2) is 0 Å². The molecule has 0 rings (SSSR count). The van der Waals surface area contributed by atoms with Crippen LogP contribution in [-0.4, -0.2) is 43.8 Å². The molecule has 1 unspecified atom stereocenters. The Morgan fingerprint density at radius 3 is 2.20 bits per heavy atom. The van der Waals surface area contributed by atoms with Gasteiger partial charge in [-0.05, 0) is 33.2 Å². The topological polar surface area (TPSA) is 38.5 Å². The monoisotopic (exact) mass is 216 g/mol. The first kappa shape index (κ1) is 14.9. The molecule has 0 radical (unpaired) electrons. The van der Waals surface area contributed by atoms with Crippen molar-refractivity contribution in [2.45, 2.75) is 51.6 Å². The molecule has 0 fully saturated rings. The van der Waals surface area contributed by atoms with Crippen LogP contribution in [0.15, 0.2) is 0 Å². The normalized spacial score (nSPS) is 16.0. The lowest BCUT2D eigenvalue weighted by Gasteiger charge is -2.42. The van der Waals surface area contributed by atoms with Gasteiger partial charge >= 0.3 is 0 Å². The van der Waals surface area contributed by atoms with Crippen LogP contribution < -0.4 is 5.73 Å². The van der Waals surface area contributed by atoms with Gasteiger partial charge in [0.05, 0.1) is 0 Å². The average Bonchev–Trinajstić information content (AvgIpc) is 2.27. The molecule has 0 heterocycles. The molecule has 0 bridgehead atoms. The van der Waals surface area contributed by atoms with Gasteiger partial charge < -0.3 is 10.5 Å². The zero-order chi connectivity index (χ0) is 11.9.